The van der Waals surface area contributed by atoms with Gasteiger partial charge >= 0.3 is 151 Å². The van der Waals surface area contributed by atoms with Crippen LogP contribution in [0.1, 0.15) is 70.8 Å². The molecule has 0 saturated carbocycles. The standard InChI is InChI=1S/C7H7N2S.3C4H9.Sn/c1-5-7-9(3-4-10-7)6(2)8-5;3*1-3-4-2;/h3H,1-2H3;3*1,3-4H2,2H3;. The van der Waals surface area contributed by atoms with Gasteiger partial charge in [-0.3, -0.25) is 0 Å². The number of thiazole rings is 1. The van der Waals surface area contributed by atoms with Crippen molar-refractivity contribution in [2.75, 3.05) is 0 Å². The van der Waals surface area contributed by atoms with Crippen molar-refractivity contribution in [1.29, 1.82) is 0 Å². The fourth-order valence-corrected chi connectivity index (χ4v) is 23.7. The molecule has 23 heavy (non-hydrogen) atoms. The van der Waals surface area contributed by atoms with Crippen LogP contribution in [0, 0.1) is 13.8 Å². The third-order valence-electron chi connectivity index (χ3n) is 5.21. The van der Waals surface area contributed by atoms with Crippen LogP contribution >= 0.6 is 11.3 Å². The van der Waals surface area contributed by atoms with Crippen molar-refractivity contribution in [1.82, 2.24) is 9.38 Å². The van der Waals surface area contributed by atoms with Gasteiger partial charge in [-0.05, 0) is 0 Å². The van der Waals surface area contributed by atoms with Crippen LogP contribution in [0.25, 0.3) is 4.83 Å². The number of rotatable bonds is 10. The summed E-state index contributed by atoms with van der Waals surface area (Å²) in [5.41, 5.74) is 1.22. The zero-order valence-corrected chi connectivity index (χ0v) is 19.4. The van der Waals surface area contributed by atoms with Crippen molar-refractivity contribution in [3.8, 4) is 0 Å². The summed E-state index contributed by atoms with van der Waals surface area (Å²) in [5.74, 6) is 1.17. The molecule has 4 heteroatoms. The first kappa shape index (κ1) is 19.3. The molecular formula is C19H34N2SSn. The molecule has 2 aromatic heterocycles. The number of nitrogens with zero attached hydrogens (tertiary/aromatic N) is 2. The van der Waals surface area contributed by atoms with E-state index in [0.29, 0.717) is 0 Å². The van der Waals surface area contributed by atoms with Gasteiger partial charge in [-0.1, -0.05) is 0 Å². The summed E-state index contributed by atoms with van der Waals surface area (Å²) in [6.07, 6.45) is 10.9. The summed E-state index contributed by atoms with van der Waals surface area (Å²) >= 11 is -0.157. The predicted molar refractivity (Wildman–Crippen MR) is 107 cm³/mol. The van der Waals surface area contributed by atoms with E-state index >= 15 is 0 Å². The Kier molecular flexibility index (Phi) is 7.46. The van der Waals surface area contributed by atoms with Gasteiger partial charge < -0.3 is 0 Å². The van der Waals surface area contributed by atoms with Gasteiger partial charge in [0.1, 0.15) is 0 Å². The average Bonchev–Trinajstić information content (AvgIpc) is 3.10. The SMILES string of the molecule is CCC[CH2][Sn]([CH2]CCC)([CH2]CCC)[c]1cn2c(C)nc(C)c2s1. The molecule has 0 radical (unpaired) electrons. The molecule has 2 rings (SSSR count). The Balaban J connectivity index is 2.43. The van der Waals surface area contributed by atoms with Gasteiger partial charge in [0.15, 0.2) is 0 Å². The Morgan fingerprint density at radius 1 is 0.957 bits per heavy atom. The van der Waals surface area contributed by atoms with Crippen LogP contribution in [0.2, 0.25) is 13.3 Å². The van der Waals surface area contributed by atoms with Crippen LogP contribution in [0.4, 0.5) is 0 Å². The number of aryl methyl sites for hydroxylation is 2. The second kappa shape index (κ2) is 8.89. The van der Waals surface area contributed by atoms with E-state index in [9.17, 15) is 0 Å². The maximum atomic E-state index is 4.66. The van der Waals surface area contributed by atoms with Gasteiger partial charge in [0, 0.05) is 0 Å². The van der Waals surface area contributed by atoms with E-state index < -0.39 is 18.4 Å². The summed E-state index contributed by atoms with van der Waals surface area (Å²) in [7, 11) is 0. The Morgan fingerprint density at radius 3 is 1.91 bits per heavy atom. The number of hydrogen-bond donors (Lipinski definition) is 0. The summed E-state index contributed by atoms with van der Waals surface area (Å²) in [5, 5.41) is 0. The normalized spacial score (nSPS) is 12.4. The molecule has 130 valence electrons. The molecule has 0 aliphatic carbocycles. The molecule has 0 fully saturated rings. The quantitative estimate of drug-likeness (QED) is 0.409. The minimum absolute atomic E-state index is 1.17. The zero-order chi connectivity index (χ0) is 16.9. The number of fused-ring (bicyclic) bond motifs is 1. The van der Waals surface area contributed by atoms with Crippen LogP contribution < -0.4 is 2.89 Å². The molecule has 0 atom stereocenters. The first-order valence-electron chi connectivity index (χ1n) is 9.53. The van der Waals surface area contributed by atoms with Crippen molar-refractivity contribution in [2.24, 2.45) is 0 Å². The summed E-state index contributed by atoms with van der Waals surface area (Å²) < 4.78 is 8.87. The Morgan fingerprint density at radius 2 is 1.48 bits per heavy atom. The van der Waals surface area contributed by atoms with Gasteiger partial charge in [-0.25, -0.2) is 0 Å². The van der Waals surface area contributed by atoms with Crippen LogP contribution in [0.3, 0.4) is 0 Å². The zero-order valence-electron chi connectivity index (χ0n) is 15.7. The maximum absolute atomic E-state index is 4.66. The van der Waals surface area contributed by atoms with Crippen molar-refractivity contribution < 1.29 is 0 Å². The molecule has 0 aliphatic heterocycles. The van der Waals surface area contributed by atoms with Gasteiger partial charge in [0.2, 0.25) is 0 Å². The predicted octanol–water partition coefficient (Wildman–Crippen LogP) is 6.07. The van der Waals surface area contributed by atoms with E-state index in [4.69, 9.17) is 0 Å². The molecule has 0 aromatic carbocycles. The minimum atomic E-state index is -2.25. The molecule has 0 N–H and O–H groups in total. The Bertz CT molecular complexity index is 558. The number of hydrogen-bond acceptors (Lipinski definition) is 2. The van der Waals surface area contributed by atoms with Crippen LogP contribution in [0.5, 0.6) is 0 Å². The first-order valence-corrected chi connectivity index (χ1v) is 17.8. The fraction of sp³-hybridized carbons (Fsp3) is 0.737. The fourth-order valence-electron chi connectivity index (χ4n) is 3.72. The molecule has 0 spiro atoms. The van der Waals surface area contributed by atoms with Gasteiger partial charge in [0.25, 0.3) is 0 Å². The van der Waals surface area contributed by atoms with Crippen molar-refractivity contribution >= 4 is 37.4 Å². The number of aromatic nitrogens is 2. The molecule has 0 amide bonds. The average molecular weight is 441 g/mol. The van der Waals surface area contributed by atoms with Crippen LogP contribution in [-0.2, 0) is 0 Å². The summed E-state index contributed by atoms with van der Waals surface area (Å²) in [4.78, 5) is 6.06. The first-order chi connectivity index (χ1) is 11.1. The Labute approximate surface area is 150 Å². The topological polar surface area (TPSA) is 17.3 Å². The molecule has 2 heterocycles. The second-order valence-electron chi connectivity index (χ2n) is 7.11. The van der Waals surface area contributed by atoms with Gasteiger partial charge in [0.05, 0.1) is 0 Å². The summed E-state index contributed by atoms with van der Waals surface area (Å²) in [6.45, 7) is 11.4. The van der Waals surface area contributed by atoms with E-state index in [1.807, 2.05) is 2.89 Å². The van der Waals surface area contributed by atoms with Gasteiger partial charge in [-0.2, -0.15) is 0 Å². The van der Waals surface area contributed by atoms with E-state index in [-0.39, 0.29) is 0 Å². The third kappa shape index (κ3) is 4.33. The van der Waals surface area contributed by atoms with E-state index in [0.717, 1.165) is 0 Å². The van der Waals surface area contributed by atoms with E-state index in [2.05, 4.69) is 61.5 Å². The second-order valence-corrected chi connectivity index (χ2v) is 22.3. The van der Waals surface area contributed by atoms with Crippen molar-refractivity contribution in [3.05, 3.63) is 17.7 Å². The van der Waals surface area contributed by atoms with E-state index in [1.54, 1.807) is 13.3 Å². The van der Waals surface area contributed by atoms with Crippen LogP contribution in [-0.4, -0.2) is 27.8 Å². The molecule has 0 unspecified atom stereocenters. The molecule has 2 nitrogen and oxygen atoms in total. The number of imidazole rings is 1. The molecule has 0 bridgehead atoms. The Hall–Kier alpha value is -0.0313. The van der Waals surface area contributed by atoms with Crippen LogP contribution in [0.15, 0.2) is 6.20 Å². The van der Waals surface area contributed by atoms with Gasteiger partial charge in [-0.15, -0.1) is 0 Å². The third-order valence-corrected chi connectivity index (χ3v) is 24.6. The number of unbranched alkanes of at least 4 members (excludes halogenated alkanes) is 3. The molecule has 2 aromatic rings. The molecular weight excluding hydrogens is 407 g/mol. The molecule has 0 saturated heterocycles. The summed E-state index contributed by atoms with van der Waals surface area (Å²) in [6, 6.07) is 0. The van der Waals surface area contributed by atoms with E-state index in [1.165, 1.54) is 54.9 Å². The molecule has 0 aliphatic rings. The van der Waals surface area contributed by atoms with Crippen molar-refractivity contribution in [2.45, 2.75) is 86.5 Å². The van der Waals surface area contributed by atoms with Crippen molar-refractivity contribution in [3.63, 3.8) is 0 Å². The monoisotopic (exact) mass is 442 g/mol.